The SMILES string of the molecule is Cc1noc(C)c1COc1ccc(C=C(C#N)C#N)cc1. The lowest BCUT2D eigenvalue weighted by molar-refractivity contribution is 0.301. The van der Waals surface area contributed by atoms with Crippen molar-refractivity contribution in [3.05, 3.63) is 52.4 Å². The minimum atomic E-state index is 0.0689. The monoisotopic (exact) mass is 279 g/mol. The van der Waals surface area contributed by atoms with Gasteiger partial charge in [-0.25, -0.2) is 0 Å². The highest BCUT2D eigenvalue weighted by molar-refractivity contribution is 5.62. The Morgan fingerprint density at radius 3 is 2.43 bits per heavy atom. The van der Waals surface area contributed by atoms with Gasteiger partial charge in [0, 0.05) is 0 Å². The third-order valence-electron chi connectivity index (χ3n) is 3.00. The first-order valence-corrected chi connectivity index (χ1v) is 6.30. The summed E-state index contributed by atoms with van der Waals surface area (Å²) in [5, 5.41) is 21.3. The molecule has 0 radical (unpaired) electrons. The van der Waals surface area contributed by atoms with Crippen LogP contribution in [-0.2, 0) is 6.61 Å². The minimum Gasteiger partial charge on any atom is -0.489 e. The molecule has 0 aliphatic heterocycles. The number of nitriles is 2. The molecule has 0 N–H and O–H groups in total. The Bertz CT molecular complexity index is 708. The highest BCUT2D eigenvalue weighted by atomic mass is 16.5. The summed E-state index contributed by atoms with van der Waals surface area (Å²) >= 11 is 0. The molecular formula is C16H13N3O2. The lowest BCUT2D eigenvalue weighted by atomic mass is 10.1. The molecule has 1 aromatic heterocycles. The van der Waals surface area contributed by atoms with Crippen molar-refractivity contribution in [3.8, 4) is 17.9 Å². The quantitative estimate of drug-likeness (QED) is 0.802. The maximum absolute atomic E-state index is 8.70. The second-order valence-electron chi connectivity index (χ2n) is 4.44. The molecule has 1 heterocycles. The summed E-state index contributed by atoms with van der Waals surface area (Å²) in [4.78, 5) is 0. The zero-order chi connectivity index (χ0) is 15.2. The van der Waals surface area contributed by atoms with Gasteiger partial charge in [0.15, 0.2) is 0 Å². The van der Waals surface area contributed by atoms with Gasteiger partial charge in [-0.2, -0.15) is 10.5 Å². The Hall–Kier alpha value is -3.05. The van der Waals surface area contributed by atoms with Gasteiger partial charge in [-0.05, 0) is 37.6 Å². The van der Waals surface area contributed by atoms with Crippen LogP contribution in [0.2, 0.25) is 0 Å². The number of rotatable bonds is 4. The summed E-state index contributed by atoms with van der Waals surface area (Å²) in [6.45, 7) is 4.10. The largest absolute Gasteiger partial charge is 0.489 e. The van der Waals surface area contributed by atoms with E-state index >= 15 is 0 Å². The number of nitrogens with zero attached hydrogens (tertiary/aromatic N) is 3. The van der Waals surface area contributed by atoms with Crippen LogP contribution in [0.25, 0.3) is 6.08 Å². The van der Waals surface area contributed by atoms with Gasteiger partial charge in [-0.3, -0.25) is 0 Å². The Morgan fingerprint density at radius 2 is 1.90 bits per heavy atom. The predicted molar refractivity (Wildman–Crippen MR) is 76.0 cm³/mol. The molecule has 0 aliphatic carbocycles. The van der Waals surface area contributed by atoms with Crippen molar-refractivity contribution >= 4 is 6.08 Å². The fraction of sp³-hybridized carbons (Fsp3) is 0.188. The summed E-state index contributed by atoms with van der Waals surface area (Å²) in [6, 6.07) is 10.8. The number of aromatic nitrogens is 1. The second kappa shape index (κ2) is 6.40. The third-order valence-corrected chi connectivity index (χ3v) is 3.00. The smallest absolute Gasteiger partial charge is 0.140 e. The first-order valence-electron chi connectivity index (χ1n) is 6.30. The molecule has 2 rings (SSSR count). The van der Waals surface area contributed by atoms with E-state index in [0.29, 0.717) is 12.4 Å². The molecule has 0 saturated carbocycles. The first kappa shape index (κ1) is 14.4. The molecule has 5 nitrogen and oxygen atoms in total. The normalized spacial score (nSPS) is 9.52. The van der Waals surface area contributed by atoms with E-state index in [1.807, 2.05) is 26.0 Å². The standard InChI is InChI=1S/C16H13N3O2/c1-11-16(12(2)21-19-11)10-20-15-5-3-13(4-6-15)7-14(8-17)9-18/h3-7H,10H2,1-2H3. The van der Waals surface area contributed by atoms with Crippen LogP contribution in [0.4, 0.5) is 0 Å². The first-order chi connectivity index (χ1) is 10.1. The van der Waals surface area contributed by atoms with Gasteiger partial charge >= 0.3 is 0 Å². The molecule has 2 aromatic rings. The fourth-order valence-electron chi connectivity index (χ4n) is 1.78. The maximum Gasteiger partial charge on any atom is 0.140 e. The van der Waals surface area contributed by atoms with E-state index in [1.165, 1.54) is 6.08 Å². The highest BCUT2D eigenvalue weighted by Gasteiger charge is 2.09. The molecule has 0 bridgehead atoms. The van der Waals surface area contributed by atoms with E-state index < -0.39 is 0 Å². The summed E-state index contributed by atoms with van der Waals surface area (Å²) in [5.41, 5.74) is 2.60. The lowest BCUT2D eigenvalue weighted by Gasteiger charge is -2.06. The van der Waals surface area contributed by atoms with Crippen LogP contribution in [0.15, 0.2) is 34.4 Å². The Labute approximate surface area is 122 Å². The van der Waals surface area contributed by atoms with E-state index in [1.54, 1.807) is 24.3 Å². The lowest BCUT2D eigenvalue weighted by Crippen LogP contribution is -1.97. The van der Waals surface area contributed by atoms with Crippen LogP contribution in [0.1, 0.15) is 22.6 Å². The van der Waals surface area contributed by atoms with Gasteiger partial charge in [0.05, 0.1) is 11.3 Å². The number of benzene rings is 1. The third kappa shape index (κ3) is 3.49. The topological polar surface area (TPSA) is 82.8 Å². The molecule has 21 heavy (non-hydrogen) atoms. The summed E-state index contributed by atoms with van der Waals surface area (Å²) < 4.78 is 10.7. The number of hydrogen-bond acceptors (Lipinski definition) is 5. The minimum absolute atomic E-state index is 0.0689. The van der Waals surface area contributed by atoms with Crippen LogP contribution >= 0.6 is 0 Å². The molecule has 1 aromatic carbocycles. The van der Waals surface area contributed by atoms with Crippen molar-refractivity contribution in [3.63, 3.8) is 0 Å². The second-order valence-corrected chi connectivity index (χ2v) is 4.44. The van der Waals surface area contributed by atoms with Gasteiger partial charge in [0.25, 0.3) is 0 Å². The van der Waals surface area contributed by atoms with E-state index in [-0.39, 0.29) is 5.57 Å². The number of aryl methyl sites for hydroxylation is 2. The van der Waals surface area contributed by atoms with Crippen LogP contribution < -0.4 is 4.74 Å². The Morgan fingerprint density at radius 1 is 1.24 bits per heavy atom. The molecule has 5 heteroatoms. The van der Waals surface area contributed by atoms with Gasteiger partial charge in [0.2, 0.25) is 0 Å². The van der Waals surface area contributed by atoms with E-state index in [9.17, 15) is 0 Å². The number of hydrogen-bond donors (Lipinski definition) is 0. The van der Waals surface area contributed by atoms with E-state index in [4.69, 9.17) is 19.8 Å². The highest BCUT2D eigenvalue weighted by Crippen LogP contribution is 2.18. The molecule has 0 fully saturated rings. The summed E-state index contributed by atoms with van der Waals surface area (Å²) in [5.74, 6) is 1.45. The molecule has 0 atom stereocenters. The average Bonchev–Trinajstić information content (AvgIpc) is 2.83. The molecule has 0 saturated heterocycles. The number of allylic oxidation sites excluding steroid dienone is 1. The van der Waals surface area contributed by atoms with E-state index in [0.717, 1.165) is 22.6 Å². The molecular weight excluding hydrogens is 266 g/mol. The van der Waals surface area contributed by atoms with Gasteiger partial charge in [-0.1, -0.05) is 17.3 Å². The van der Waals surface area contributed by atoms with Crippen molar-refractivity contribution < 1.29 is 9.26 Å². The van der Waals surface area contributed by atoms with Crippen molar-refractivity contribution in [2.24, 2.45) is 0 Å². The molecule has 104 valence electrons. The Kier molecular flexibility index (Phi) is 4.38. The van der Waals surface area contributed by atoms with Crippen molar-refractivity contribution in [1.82, 2.24) is 5.16 Å². The van der Waals surface area contributed by atoms with Crippen LogP contribution in [-0.4, -0.2) is 5.16 Å². The molecule has 0 unspecified atom stereocenters. The predicted octanol–water partition coefficient (Wildman–Crippen LogP) is 3.30. The van der Waals surface area contributed by atoms with Crippen LogP contribution in [0.5, 0.6) is 5.75 Å². The summed E-state index contributed by atoms with van der Waals surface area (Å²) in [6.07, 6.45) is 1.53. The Balaban J connectivity index is 2.06. The maximum atomic E-state index is 8.70. The zero-order valence-corrected chi connectivity index (χ0v) is 11.8. The van der Waals surface area contributed by atoms with Gasteiger partial charge in [0.1, 0.15) is 35.8 Å². The summed E-state index contributed by atoms with van der Waals surface area (Å²) in [7, 11) is 0. The van der Waals surface area contributed by atoms with E-state index in [2.05, 4.69) is 5.16 Å². The average molecular weight is 279 g/mol. The molecule has 0 amide bonds. The van der Waals surface area contributed by atoms with Crippen molar-refractivity contribution in [2.75, 3.05) is 0 Å². The van der Waals surface area contributed by atoms with Crippen LogP contribution in [0, 0.1) is 36.5 Å². The number of ether oxygens (including phenoxy) is 1. The van der Waals surface area contributed by atoms with Crippen molar-refractivity contribution in [1.29, 1.82) is 10.5 Å². The fourth-order valence-corrected chi connectivity index (χ4v) is 1.78. The van der Waals surface area contributed by atoms with Gasteiger partial charge < -0.3 is 9.26 Å². The van der Waals surface area contributed by atoms with Crippen molar-refractivity contribution in [2.45, 2.75) is 20.5 Å². The molecule has 0 spiro atoms. The zero-order valence-electron chi connectivity index (χ0n) is 11.8. The van der Waals surface area contributed by atoms with Crippen LogP contribution in [0.3, 0.4) is 0 Å². The molecule has 0 aliphatic rings. The van der Waals surface area contributed by atoms with Gasteiger partial charge in [-0.15, -0.1) is 0 Å².